The summed E-state index contributed by atoms with van der Waals surface area (Å²) in [5.41, 5.74) is 1.13. The van der Waals surface area contributed by atoms with Crippen molar-refractivity contribution in [1.29, 1.82) is 0 Å². The van der Waals surface area contributed by atoms with Crippen LogP contribution in [0, 0.1) is 5.82 Å². The van der Waals surface area contributed by atoms with E-state index in [1.54, 1.807) is 48.5 Å². The summed E-state index contributed by atoms with van der Waals surface area (Å²) < 4.78 is 18.5. The van der Waals surface area contributed by atoms with Crippen LogP contribution in [0.25, 0.3) is 6.08 Å². The molecule has 0 unspecified atom stereocenters. The molecule has 152 valence electrons. The van der Waals surface area contributed by atoms with Crippen molar-refractivity contribution in [3.63, 3.8) is 0 Å². The Morgan fingerprint density at radius 1 is 0.967 bits per heavy atom. The van der Waals surface area contributed by atoms with E-state index in [-0.39, 0.29) is 16.3 Å². The number of carbonyl (C=O) groups is 2. The van der Waals surface area contributed by atoms with Crippen molar-refractivity contribution in [1.82, 2.24) is 5.32 Å². The molecule has 0 heterocycles. The lowest BCUT2D eigenvalue weighted by atomic mass is 10.1. The van der Waals surface area contributed by atoms with Gasteiger partial charge in [0, 0.05) is 0 Å². The van der Waals surface area contributed by atoms with Gasteiger partial charge in [-0.3, -0.25) is 9.59 Å². The molecule has 0 spiro atoms. The first-order valence-corrected chi connectivity index (χ1v) is 9.33. The summed E-state index contributed by atoms with van der Waals surface area (Å²) in [7, 11) is 1.49. The summed E-state index contributed by atoms with van der Waals surface area (Å²) in [6.45, 7) is 0. The molecule has 30 heavy (non-hydrogen) atoms. The highest BCUT2D eigenvalue weighted by Gasteiger charge is 2.18. The van der Waals surface area contributed by atoms with E-state index in [0.29, 0.717) is 17.0 Å². The van der Waals surface area contributed by atoms with E-state index < -0.39 is 17.6 Å². The van der Waals surface area contributed by atoms with Gasteiger partial charge in [0.2, 0.25) is 0 Å². The molecule has 0 radical (unpaired) electrons. The number of carbonyl (C=O) groups excluding carboxylic acids is 2. The molecule has 7 heteroatoms. The van der Waals surface area contributed by atoms with E-state index in [0.717, 1.165) is 0 Å². The van der Waals surface area contributed by atoms with Gasteiger partial charge in [0.05, 0.1) is 23.4 Å². The predicted molar refractivity (Wildman–Crippen MR) is 115 cm³/mol. The van der Waals surface area contributed by atoms with Gasteiger partial charge in [-0.15, -0.1) is 0 Å². The standard InChI is InChI=1S/C23H18ClFN2O3/c1-30-21-9-5-4-8-19(21)26-23(29)20(14-15-10-12-16(25)13-11-15)27-22(28)17-6-2-3-7-18(17)24/h2-14H,1H3,(H,26,29)(H,27,28). The molecule has 0 bridgehead atoms. The molecule has 2 amide bonds. The molecule has 5 nitrogen and oxygen atoms in total. The highest BCUT2D eigenvalue weighted by molar-refractivity contribution is 6.34. The third-order valence-electron chi connectivity index (χ3n) is 4.15. The van der Waals surface area contributed by atoms with Crippen LogP contribution in [-0.4, -0.2) is 18.9 Å². The van der Waals surface area contributed by atoms with Crippen molar-refractivity contribution in [2.45, 2.75) is 0 Å². The number of hydrogen-bond donors (Lipinski definition) is 2. The molecule has 3 aromatic carbocycles. The minimum absolute atomic E-state index is 0.0440. The largest absolute Gasteiger partial charge is 0.495 e. The molecular formula is C23H18ClFN2O3. The minimum atomic E-state index is -0.579. The van der Waals surface area contributed by atoms with Crippen molar-refractivity contribution in [3.05, 3.63) is 100 Å². The second kappa shape index (κ2) is 9.71. The highest BCUT2D eigenvalue weighted by atomic mass is 35.5. The summed E-state index contributed by atoms with van der Waals surface area (Å²) in [5, 5.41) is 5.55. The summed E-state index contributed by atoms with van der Waals surface area (Å²) >= 11 is 6.09. The van der Waals surface area contributed by atoms with Crippen LogP contribution < -0.4 is 15.4 Å². The number of para-hydroxylation sites is 2. The van der Waals surface area contributed by atoms with Crippen LogP contribution in [0.15, 0.2) is 78.5 Å². The molecule has 0 atom stereocenters. The monoisotopic (exact) mass is 424 g/mol. The fraction of sp³-hybridized carbons (Fsp3) is 0.0435. The maximum absolute atomic E-state index is 13.2. The Bertz CT molecular complexity index is 1100. The number of hydrogen-bond acceptors (Lipinski definition) is 3. The van der Waals surface area contributed by atoms with Crippen molar-refractivity contribution in [2.75, 3.05) is 12.4 Å². The Balaban J connectivity index is 1.92. The Labute approximate surface area is 178 Å². The fourth-order valence-electron chi connectivity index (χ4n) is 2.66. The van der Waals surface area contributed by atoms with E-state index in [9.17, 15) is 14.0 Å². The number of methoxy groups -OCH3 is 1. The average molecular weight is 425 g/mol. The van der Waals surface area contributed by atoms with Crippen molar-refractivity contribution in [3.8, 4) is 5.75 Å². The summed E-state index contributed by atoms with van der Waals surface area (Å²) in [4.78, 5) is 25.6. The van der Waals surface area contributed by atoms with Crippen molar-refractivity contribution >= 4 is 35.2 Å². The predicted octanol–water partition coefficient (Wildman–Crippen LogP) is 4.90. The van der Waals surface area contributed by atoms with Gasteiger partial charge in [0.15, 0.2) is 0 Å². The van der Waals surface area contributed by atoms with Crippen LogP contribution >= 0.6 is 11.6 Å². The first-order valence-electron chi connectivity index (χ1n) is 8.95. The lowest BCUT2D eigenvalue weighted by molar-refractivity contribution is -0.113. The molecule has 0 aliphatic carbocycles. The molecule has 0 saturated carbocycles. The van der Waals surface area contributed by atoms with Gasteiger partial charge in [-0.05, 0) is 48.0 Å². The first kappa shape index (κ1) is 21.1. The van der Waals surface area contributed by atoms with E-state index in [4.69, 9.17) is 16.3 Å². The topological polar surface area (TPSA) is 67.4 Å². The van der Waals surface area contributed by atoms with Gasteiger partial charge in [0.25, 0.3) is 11.8 Å². The van der Waals surface area contributed by atoms with Crippen LogP contribution in [0.4, 0.5) is 10.1 Å². The number of amides is 2. The summed E-state index contributed by atoms with van der Waals surface area (Å²) in [6.07, 6.45) is 1.44. The molecule has 3 rings (SSSR count). The van der Waals surface area contributed by atoms with Crippen LogP contribution in [0.2, 0.25) is 5.02 Å². The number of halogens is 2. The van der Waals surface area contributed by atoms with Gasteiger partial charge in [-0.2, -0.15) is 0 Å². The average Bonchev–Trinajstić information content (AvgIpc) is 2.75. The van der Waals surface area contributed by atoms with Gasteiger partial charge >= 0.3 is 0 Å². The number of anilines is 1. The maximum atomic E-state index is 13.2. The van der Waals surface area contributed by atoms with Gasteiger partial charge in [-0.1, -0.05) is 48.0 Å². The number of ether oxygens (including phenoxy) is 1. The molecule has 0 aromatic heterocycles. The van der Waals surface area contributed by atoms with Crippen molar-refractivity contribution < 1.29 is 18.7 Å². The molecule has 2 N–H and O–H groups in total. The zero-order valence-electron chi connectivity index (χ0n) is 16.0. The molecule has 3 aromatic rings. The van der Waals surface area contributed by atoms with Crippen LogP contribution in [-0.2, 0) is 4.79 Å². The number of rotatable bonds is 6. The third-order valence-corrected chi connectivity index (χ3v) is 4.48. The van der Waals surface area contributed by atoms with E-state index in [2.05, 4.69) is 10.6 Å². The molecule has 0 fully saturated rings. The molecule has 0 saturated heterocycles. The molecule has 0 aliphatic rings. The van der Waals surface area contributed by atoms with E-state index >= 15 is 0 Å². The summed E-state index contributed by atoms with van der Waals surface area (Å²) in [6, 6.07) is 18.9. The second-order valence-corrected chi connectivity index (χ2v) is 6.61. The Kier molecular flexibility index (Phi) is 6.83. The SMILES string of the molecule is COc1ccccc1NC(=O)C(=Cc1ccc(F)cc1)NC(=O)c1ccccc1Cl. The highest BCUT2D eigenvalue weighted by Crippen LogP contribution is 2.24. The van der Waals surface area contributed by atoms with E-state index in [1.165, 1.54) is 37.5 Å². The third kappa shape index (κ3) is 5.24. The first-order chi connectivity index (χ1) is 14.5. The fourth-order valence-corrected chi connectivity index (χ4v) is 2.88. The minimum Gasteiger partial charge on any atom is -0.495 e. The number of benzene rings is 3. The van der Waals surface area contributed by atoms with Crippen LogP contribution in [0.5, 0.6) is 5.75 Å². The lowest BCUT2D eigenvalue weighted by Gasteiger charge is -2.13. The van der Waals surface area contributed by atoms with E-state index in [1.807, 2.05) is 0 Å². The summed E-state index contributed by atoms with van der Waals surface area (Å²) in [5.74, 6) is -1.08. The van der Waals surface area contributed by atoms with Gasteiger partial charge in [0.1, 0.15) is 17.3 Å². The molecular weight excluding hydrogens is 407 g/mol. The zero-order chi connectivity index (χ0) is 21.5. The Morgan fingerprint density at radius 2 is 1.63 bits per heavy atom. The zero-order valence-corrected chi connectivity index (χ0v) is 16.7. The lowest BCUT2D eigenvalue weighted by Crippen LogP contribution is -2.31. The smallest absolute Gasteiger partial charge is 0.272 e. The van der Waals surface area contributed by atoms with Crippen LogP contribution in [0.1, 0.15) is 15.9 Å². The van der Waals surface area contributed by atoms with Crippen molar-refractivity contribution in [2.24, 2.45) is 0 Å². The normalized spacial score (nSPS) is 11.0. The molecule has 0 aliphatic heterocycles. The Morgan fingerprint density at radius 3 is 2.33 bits per heavy atom. The quantitative estimate of drug-likeness (QED) is 0.553. The second-order valence-electron chi connectivity index (χ2n) is 6.20. The maximum Gasteiger partial charge on any atom is 0.272 e. The van der Waals surface area contributed by atoms with Gasteiger partial charge < -0.3 is 15.4 Å². The van der Waals surface area contributed by atoms with Gasteiger partial charge in [-0.25, -0.2) is 4.39 Å². The Hall–Kier alpha value is -3.64. The van der Waals surface area contributed by atoms with Crippen LogP contribution in [0.3, 0.4) is 0 Å². The number of nitrogens with one attached hydrogen (secondary N) is 2.